The molecule has 4 heteroatoms. The summed E-state index contributed by atoms with van der Waals surface area (Å²) in [5.74, 6) is 0.539. The molecule has 0 heterocycles. The Hall–Kier alpha value is -0.770. The van der Waals surface area contributed by atoms with Crippen LogP contribution >= 0.6 is 11.6 Å². The summed E-state index contributed by atoms with van der Waals surface area (Å²) in [6.45, 7) is 0.469. The van der Waals surface area contributed by atoms with Gasteiger partial charge in [-0.2, -0.15) is 0 Å². The van der Waals surface area contributed by atoms with Gasteiger partial charge < -0.3 is 15.2 Å². The number of methoxy groups -OCH3 is 1. The number of nitrogens with one attached hydrogen (secondary N) is 1. The van der Waals surface area contributed by atoms with Crippen molar-refractivity contribution in [3.63, 3.8) is 0 Å². The maximum Gasteiger partial charge on any atom is 0.143 e. The summed E-state index contributed by atoms with van der Waals surface area (Å²) < 4.78 is 5.12. The van der Waals surface area contributed by atoms with E-state index in [1.807, 2.05) is 0 Å². The van der Waals surface area contributed by atoms with Crippen molar-refractivity contribution in [1.82, 2.24) is 5.32 Å². The monoisotopic (exact) mass is 215 g/mol. The van der Waals surface area contributed by atoms with Crippen LogP contribution < -0.4 is 10.1 Å². The predicted molar refractivity (Wildman–Crippen MR) is 56.9 cm³/mol. The second-order valence-corrected chi connectivity index (χ2v) is 3.34. The Morgan fingerprint density at radius 1 is 1.57 bits per heavy atom. The maximum atomic E-state index is 9.76. The first-order valence-electron chi connectivity index (χ1n) is 4.35. The molecule has 0 saturated carbocycles. The molecule has 2 N–H and O–H groups in total. The number of benzene rings is 1. The van der Waals surface area contributed by atoms with E-state index in [1.165, 1.54) is 7.11 Å². The fourth-order valence-electron chi connectivity index (χ4n) is 1.31. The first kappa shape index (κ1) is 11.3. The fraction of sp³-hybridized carbons (Fsp3) is 0.400. The zero-order valence-electron chi connectivity index (χ0n) is 8.25. The lowest BCUT2D eigenvalue weighted by Crippen LogP contribution is -2.17. The molecule has 1 atom stereocenters. The third-order valence-electron chi connectivity index (χ3n) is 1.96. The highest BCUT2D eigenvalue weighted by Crippen LogP contribution is 2.32. The highest BCUT2D eigenvalue weighted by Gasteiger charge is 2.14. The molecule has 0 bridgehead atoms. The lowest BCUT2D eigenvalue weighted by molar-refractivity contribution is 0.173. The topological polar surface area (TPSA) is 41.5 Å². The van der Waals surface area contributed by atoms with E-state index in [4.69, 9.17) is 16.3 Å². The first-order chi connectivity index (χ1) is 6.70. The molecule has 1 aromatic rings. The first-order valence-corrected chi connectivity index (χ1v) is 4.73. The number of aliphatic hydroxyl groups excluding tert-OH is 1. The van der Waals surface area contributed by atoms with E-state index in [-0.39, 0.29) is 0 Å². The standard InChI is InChI=1S/C10H14ClNO2/c1-12-6-9(13)7-4-3-5-8(11)10(7)14-2/h3-5,9,12-13H,6H2,1-2H3. The molecule has 0 fully saturated rings. The maximum absolute atomic E-state index is 9.76. The van der Waals surface area contributed by atoms with Crippen LogP contribution in [-0.4, -0.2) is 25.8 Å². The number of hydrogen-bond acceptors (Lipinski definition) is 3. The van der Waals surface area contributed by atoms with Gasteiger partial charge >= 0.3 is 0 Å². The molecule has 0 saturated heterocycles. The van der Waals surface area contributed by atoms with Crippen LogP contribution in [-0.2, 0) is 0 Å². The van der Waals surface area contributed by atoms with Crippen molar-refractivity contribution in [2.45, 2.75) is 6.10 Å². The van der Waals surface area contributed by atoms with Crippen molar-refractivity contribution in [1.29, 1.82) is 0 Å². The molecule has 0 aliphatic rings. The van der Waals surface area contributed by atoms with Crippen LogP contribution in [0.25, 0.3) is 0 Å². The summed E-state index contributed by atoms with van der Waals surface area (Å²) in [6.07, 6.45) is -0.603. The predicted octanol–water partition coefficient (Wildman–Crippen LogP) is 1.60. The van der Waals surface area contributed by atoms with Crippen LogP contribution in [0.15, 0.2) is 18.2 Å². The van der Waals surface area contributed by atoms with Gasteiger partial charge in [0.25, 0.3) is 0 Å². The average Bonchev–Trinajstić information content (AvgIpc) is 2.17. The Balaban J connectivity index is 3.00. The van der Waals surface area contributed by atoms with Crippen LogP contribution in [0.1, 0.15) is 11.7 Å². The summed E-state index contributed by atoms with van der Waals surface area (Å²) in [5.41, 5.74) is 0.703. The number of ether oxygens (including phenoxy) is 1. The Kier molecular flexibility index (Phi) is 4.20. The molecule has 0 spiro atoms. The molecular formula is C10H14ClNO2. The zero-order valence-corrected chi connectivity index (χ0v) is 9.01. The number of para-hydroxylation sites is 1. The summed E-state index contributed by atoms with van der Waals surface area (Å²) in [5, 5.41) is 13.2. The highest BCUT2D eigenvalue weighted by molar-refractivity contribution is 6.32. The van der Waals surface area contributed by atoms with Gasteiger partial charge in [-0.05, 0) is 13.1 Å². The lowest BCUT2D eigenvalue weighted by atomic mass is 10.1. The van der Waals surface area contributed by atoms with E-state index < -0.39 is 6.10 Å². The Labute approximate surface area is 88.7 Å². The van der Waals surface area contributed by atoms with Crippen molar-refractivity contribution in [2.75, 3.05) is 20.7 Å². The minimum absolute atomic E-state index is 0.469. The molecule has 14 heavy (non-hydrogen) atoms. The third-order valence-corrected chi connectivity index (χ3v) is 2.26. The molecule has 3 nitrogen and oxygen atoms in total. The normalized spacial score (nSPS) is 12.6. The van der Waals surface area contributed by atoms with Crippen molar-refractivity contribution < 1.29 is 9.84 Å². The second kappa shape index (κ2) is 5.20. The largest absolute Gasteiger partial charge is 0.495 e. The number of likely N-dealkylation sites (N-methyl/N-ethyl adjacent to an activating group) is 1. The van der Waals surface area contributed by atoms with Crippen LogP contribution in [0.5, 0.6) is 5.75 Å². The molecule has 78 valence electrons. The van der Waals surface area contributed by atoms with Gasteiger partial charge in [0.15, 0.2) is 0 Å². The highest BCUT2D eigenvalue weighted by atomic mass is 35.5. The third kappa shape index (κ3) is 2.38. The molecule has 1 unspecified atom stereocenters. The molecular weight excluding hydrogens is 202 g/mol. The number of halogens is 1. The fourth-order valence-corrected chi connectivity index (χ4v) is 1.57. The van der Waals surface area contributed by atoms with Crippen LogP contribution in [0.4, 0.5) is 0 Å². The second-order valence-electron chi connectivity index (χ2n) is 2.94. The van der Waals surface area contributed by atoms with Gasteiger partial charge in [-0.25, -0.2) is 0 Å². The van der Waals surface area contributed by atoms with Crippen LogP contribution in [0.2, 0.25) is 5.02 Å². The molecule has 0 radical (unpaired) electrons. The van der Waals surface area contributed by atoms with Gasteiger partial charge in [-0.1, -0.05) is 23.7 Å². The Morgan fingerprint density at radius 2 is 2.29 bits per heavy atom. The Morgan fingerprint density at radius 3 is 2.86 bits per heavy atom. The number of aliphatic hydroxyl groups is 1. The van der Waals surface area contributed by atoms with E-state index in [9.17, 15) is 5.11 Å². The van der Waals surface area contributed by atoms with Crippen molar-refractivity contribution in [2.24, 2.45) is 0 Å². The van der Waals surface area contributed by atoms with E-state index >= 15 is 0 Å². The molecule has 0 amide bonds. The van der Waals surface area contributed by atoms with Gasteiger partial charge in [0.05, 0.1) is 18.2 Å². The number of hydrogen-bond donors (Lipinski definition) is 2. The average molecular weight is 216 g/mol. The van der Waals surface area contributed by atoms with Crippen molar-refractivity contribution >= 4 is 11.6 Å². The smallest absolute Gasteiger partial charge is 0.143 e. The van der Waals surface area contributed by atoms with Crippen LogP contribution in [0, 0.1) is 0 Å². The molecule has 1 aromatic carbocycles. The zero-order chi connectivity index (χ0) is 10.6. The van der Waals surface area contributed by atoms with E-state index in [0.29, 0.717) is 22.9 Å². The SMILES string of the molecule is CNCC(O)c1cccc(Cl)c1OC. The summed E-state index contributed by atoms with van der Waals surface area (Å²) in [4.78, 5) is 0. The van der Waals surface area contributed by atoms with Gasteiger partial charge in [-0.15, -0.1) is 0 Å². The number of rotatable bonds is 4. The lowest BCUT2D eigenvalue weighted by Gasteiger charge is -2.15. The van der Waals surface area contributed by atoms with Crippen LogP contribution in [0.3, 0.4) is 0 Å². The van der Waals surface area contributed by atoms with E-state index in [2.05, 4.69) is 5.32 Å². The van der Waals surface area contributed by atoms with Gasteiger partial charge in [0.1, 0.15) is 5.75 Å². The van der Waals surface area contributed by atoms with E-state index in [0.717, 1.165) is 0 Å². The minimum atomic E-state index is -0.603. The Bertz CT molecular complexity index is 304. The van der Waals surface area contributed by atoms with Crippen molar-refractivity contribution in [3.8, 4) is 5.75 Å². The summed E-state index contributed by atoms with van der Waals surface area (Å²) >= 11 is 5.92. The quantitative estimate of drug-likeness (QED) is 0.802. The summed E-state index contributed by atoms with van der Waals surface area (Å²) in [7, 11) is 3.32. The van der Waals surface area contributed by atoms with Gasteiger partial charge in [0.2, 0.25) is 0 Å². The van der Waals surface area contributed by atoms with Gasteiger partial charge in [-0.3, -0.25) is 0 Å². The summed E-state index contributed by atoms with van der Waals surface area (Å²) in [6, 6.07) is 5.32. The molecule has 0 aliphatic carbocycles. The van der Waals surface area contributed by atoms with E-state index in [1.54, 1.807) is 25.2 Å². The van der Waals surface area contributed by atoms with Gasteiger partial charge in [0, 0.05) is 12.1 Å². The van der Waals surface area contributed by atoms with Crippen molar-refractivity contribution in [3.05, 3.63) is 28.8 Å². The molecule has 0 aliphatic heterocycles. The molecule has 0 aromatic heterocycles. The minimum Gasteiger partial charge on any atom is -0.495 e. The molecule has 1 rings (SSSR count).